The SMILES string of the molecule is CCCN(CC(N)=S)C(=O)c1ccc(C(C)C)cc1. The molecule has 1 aromatic rings. The van der Waals surface area contributed by atoms with Crippen molar-refractivity contribution in [2.75, 3.05) is 13.1 Å². The summed E-state index contributed by atoms with van der Waals surface area (Å²) in [5.41, 5.74) is 7.46. The van der Waals surface area contributed by atoms with Gasteiger partial charge in [0.15, 0.2) is 0 Å². The van der Waals surface area contributed by atoms with E-state index in [1.54, 1.807) is 4.90 Å². The van der Waals surface area contributed by atoms with Crippen LogP contribution in [0.1, 0.15) is 49.0 Å². The van der Waals surface area contributed by atoms with Gasteiger partial charge in [-0.05, 0) is 30.0 Å². The summed E-state index contributed by atoms with van der Waals surface area (Å²) in [5.74, 6) is 0.456. The number of hydrogen-bond acceptors (Lipinski definition) is 2. The van der Waals surface area contributed by atoms with Crippen LogP contribution >= 0.6 is 12.2 Å². The zero-order chi connectivity index (χ0) is 14.4. The van der Waals surface area contributed by atoms with E-state index in [1.165, 1.54) is 5.56 Å². The lowest BCUT2D eigenvalue weighted by atomic mass is 10.0. The first-order chi connectivity index (χ1) is 8.95. The molecule has 0 fully saturated rings. The molecule has 0 spiro atoms. The van der Waals surface area contributed by atoms with Gasteiger partial charge in [0, 0.05) is 12.1 Å². The van der Waals surface area contributed by atoms with Crippen LogP contribution in [0, 0.1) is 0 Å². The number of nitrogens with zero attached hydrogens (tertiary/aromatic N) is 1. The monoisotopic (exact) mass is 278 g/mol. The fourth-order valence-corrected chi connectivity index (χ4v) is 2.06. The molecule has 0 atom stereocenters. The first-order valence-electron chi connectivity index (χ1n) is 6.63. The highest BCUT2D eigenvalue weighted by Gasteiger charge is 2.15. The Labute approximate surface area is 120 Å². The number of hydrogen-bond donors (Lipinski definition) is 1. The minimum atomic E-state index is -0.00930. The third kappa shape index (κ3) is 4.63. The van der Waals surface area contributed by atoms with Gasteiger partial charge in [0.25, 0.3) is 5.91 Å². The molecular formula is C15H22N2OS. The Bertz CT molecular complexity index is 440. The Morgan fingerprint density at radius 1 is 1.32 bits per heavy atom. The summed E-state index contributed by atoms with van der Waals surface area (Å²) in [5, 5.41) is 0. The van der Waals surface area contributed by atoms with Crippen molar-refractivity contribution in [2.45, 2.75) is 33.1 Å². The maximum absolute atomic E-state index is 12.4. The fraction of sp³-hybridized carbons (Fsp3) is 0.467. The largest absolute Gasteiger partial charge is 0.392 e. The maximum Gasteiger partial charge on any atom is 0.254 e. The van der Waals surface area contributed by atoms with Crippen molar-refractivity contribution < 1.29 is 4.79 Å². The van der Waals surface area contributed by atoms with Crippen molar-refractivity contribution in [1.29, 1.82) is 0 Å². The summed E-state index contributed by atoms with van der Waals surface area (Å²) in [7, 11) is 0. The van der Waals surface area contributed by atoms with Crippen molar-refractivity contribution in [3.8, 4) is 0 Å². The van der Waals surface area contributed by atoms with E-state index in [2.05, 4.69) is 13.8 Å². The van der Waals surface area contributed by atoms with Crippen LogP contribution in [0.4, 0.5) is 0 Å². The summed E-state index contributed by atoms with van der Waals surface area (Å²) < 4.78 is 0. The zero-order valence-electron chi connectivity index (χ0n) is 11.8. The fourth-order valence-electron chi connectivity index (χ4n) is 1.90. The number of nitrogens with two attached hydrogens (primary N) is 1. The molecule has 0 unspecified atom stereocenters. The molecule has 0 aliphatic rings. The molecule has 0 aliphatic carbocycles. The summed E-state index contributed by atoms with van der Waals surface area (Å²) in [6, 6.07) is 7.76. The number of carbonyl (C=O) groups is 1. The molecular weight excluding hydrogens is 256 g/mol. The van der Waals surface area contributed by atoms with E-state index in [9.17, 15) is 4.79 Å². The summed E-state index contributed by atoms with van der Waals surface area (Å²) in [4.78, 5) is 14.4. The quantitative estimate of drug-likeness (QED) is 0.814. The van der Waals surface area contributed by atoms with E-state index in [-0.39, 0.29) is 5.91 Å². The molecule has 0 heterocycles. The van der Waals surface area contributed by atoms with Crippen molar-refractivity contribution >= 4 is 23.1 Å². The standard InChI is InChI=1S/C15H22N2OS/c1-4-9-17(10-14(16)19)15(18)13-7-5-12(6-8-13)11(2)3/h5-8,11H,4,9-10H2,1-3H3,(H2,16,19). The average Bonchev–Trinajstić information content (AvgIpc) is 2.37. The number of rotatable bonds is 6. The maximum atomic E-state index is 12.4. The Kier molecular flexibility index (Phi) is 5.96. The second-order valence-corrected chi connectivity index (χ2v) is 5.49. The molecule has 0 bridgehead atoms. The predicted octanol–water partition coefficient (Wildman–Crippen LogP) is 2.95. The minimum Gasteiger partial charge on any atom is -0.392 e. The Morgan fingerprint density at radius 2 is 1.89 bits per heavy atom. The second kappa shape index (κ2) is 7.24. The van der Waals surface area contributed by atoms with Crippen LogP contribution in [0.5, 0.6) is 0 Å². The number of thiocarbonyl (C=S) groups is 1. The van der Waals surface area contributed by atoms with Gasteiger partial charge in [0.1, 0.15) is 0 Å². The molecule has 2 N–H and O–H groups in total. The third-order valence-corrected chi connectivity index (χ3v) is 3.08. The first kappa shape index (κ1) is 15.6. The van der Waals surface area contributed by atoms with Gasteiger partial charge in [-0.3, -0.25) is 4.79 Å². The van der Waals surface area contributed by atoms with Gasteiger partial charge in [0.05, 0.1) is 11.5 Å². The number of carbonyl (C=O) groups excluding carboxylic acids is 1. The van der Waals surface area contributed by atoms with Crippen LogP contribution in [0.15, 0.2) is 24.3 Å². The molecule has 0 saturated carbocycles. The van der Waals surface area contributed by atoms with Crippen LogP contribution in [0.2, 0.25) is 0 Å². The smallest absolute Gasteiger partial charge is 0.254 e. The van der Waals surface area contributed by atoms with Crippen molar-refractivity contribution in [1.82, 2.24) is 4.90 Å². The Balaban J connectivity index is 2.86. The average molecular weight is 278 g/mol. The summed E-state index contributed by atoms with van der Waals surface area (Å²) in [6.07, 6.45) is 0.887. The van der Waals surface area contributed by atoms with E-state index in [0.29, 0.717) is 29.6 Å². The van der Waals surface area contributed by atoms with Gasteiger partial charge in [0.2, 0.25) is 0 Å². The van der Waals surface area contributed by atoms with Gasteiger partial charge in [-0.15, -0.1) is 0 Å². The lowest BCUT2D eigenvalue weighted by Crippen LogP contribution is -2.38. The molecule has 1 amide bonds. The van der Waals surface area contributed by atoms with Gasteiger partial charge < -0.3 is 10.6 Å². The highest BCUT2D eigenvalue weighted by molar-refractivity contribution is 7.80. The highest BCUT2D eigenvalue weighted by Crippen LogP contribution is 2.15. The predicted molar refractivity (Wildman–Crippen MR) is 83.5 cm³/mol. The number of amides is 1. The third-order valence-electron chi connectivity index (χ3n) is 2.95. The molecule has 4 heteroatoms. The van der Waals surface area contributed by atoms with Crippen molar-refractivity contribution in [3.05, 3.63) is 35.4 Å². The Morgan fingerprint density at radius 3 is 2.32 bits per heavy atom. The molecule has 19 heavy (non-hydrogen) atoms. The van der Waals surface area contributed by atoms with Crippen molar-refractivity contribution in [2.24, 2.45) is 5.73 Å². The molecule has 1 rings (SSSR count). The van der Waals surface area contributed by atoms with Gasteiger partial charge >= 0.3 is 0 Å². The Hall–Kier alpha value is -1.42. The lowest BCUT2D eigenvalue weighted by molar-refractivity contribution is 0.0780. The summed E-state index contributed by atoms with van der Waals surface area (Å²) >= 11 is 4.89. The van der Waals surface area contributed by atoms with Gasteiger partial charge in [-0.25, -0.2) is 0 Å². The van der Waals surface area contributed by atoms with E-state index >= 15 is 0 Å². The summed E-state index contributed by atoms with van der Waals surface area (Å²) in [6.45, 7) is 7.30. The van der Waals surface area contributed by atoms with E-state index in [1.807, 2.05) is 31.2 Å². The molecule has 0 saturated heterocycles. The van der Waals surface area contributed by atoms with Crippen molar-refractivity contribution in [3.63, 3.8) is 0 Å². The first-order valence-corrected chi connectivity index (χ1v) is 7.04. The minimum absolute atomic E-state index is 0.00930. The topological polar surface area (TPSA) is 46.3 Å². The molecule has 0 aromatic heterocycles. The van der Waals surface area contributed by atoms with E-state index < -0.39 is 0 Å². The second-order valence-electron chi connectivity index (χ2n) is 4.97. The van der Waals surface area contributed by atoms with Crippen LogP contribution in [0.3, 0.4) is 0 Å². The van der Waals surface area contributed by atoms with Crippen LogP contribution in [-0.2, 0) is 0 Å². The number of benzene rings is 1. The molecule has 1 aromatic carbocycles. The van der Waals surface area contributed by atoms with E-state index in [4.69, 9.17) is 18.0 Å². The van der Waals surface area contributed by atoms with Crippen LogP contribution in [-0.4, -0.2) is 28.9 Å². The van der Waals surface area contributed by atoms with Gasteiger partial charge in [-0.1, -0.05) is 45.1 Å². The van der Waals surface area contributed by atoms with Gasteiger partial charge in [-0.2, -0.15) is 0 Å². The normalized spacial score (nSPS) is 10.5. The molecule has 0 aliphatic heterocycles. The van der Waals surface area contributed by atoms with Crippen LogP contribution < -0.4 is 5.73 Å². The molecule has 0 radical (unpaired) electrons. The van der Waals surface area contributed by atoms with Crippen LogP contribution in [0.25, 0.3) is 0 Å². The molecule has 3 nitrogen and oxygen atoms in total. The van der Waals surface area contributed by atoms with E-state index in [0.717, 1.165) is 6.42 Å². The zero-order valence-corrected chi connectivity index (χ0v) is 12.7. The lowest BCUT2D eigenvalue weighted by Gasteiger charge is -2.21. The highest BCUT2D eigenvalue weighted by atomic mass is 32.1. The molecule has 104 valence electrons.